The Morgan fingerprint density at radius 2 is 2.31 bits per heavy atom. The van der Waals surface area contributed by atoms with Gasteiger partial charge in [-0.15, -0.1) is 22.7 Å². The number of hydrogen-bond donors (Lipinski definition) is 1. The predicted molar refractivity (Wildman–Crippen MR) is 75.6 cm³/mol. The quantitative estimate of drug-likeness (QED) is 0.767. The Morgan fingerprint density at radius 1 is 1.50 bits per heavy atom. The molecule has 0 saturated heterocycles. The molecular formula is C13H17NS2. The second kappa shape index (κ2) is 5.13. The van der Waals surface area contributed by atoms with Crippen molar-refractivity contribution in [3.8, 4) is 0 Å². The first kappa shape index (κ1) is 11.8. The van der Waals surface area contributed by atoms with Crippen LogP contribution in [-0.2, 0) is 0 Å². The molecule has 2 aromatic rings. The molecule has 3 heteroatoms. The van der Waals surface area contributed by atoms with E-state index >= 15 is 0 Å². The Labute approximate surface area is 105 Å². The summed E-state index contributed by atoms with van der Waals surface area (Å²) in [6.07, 6.45) is 2.11. The van der Waals surface area contributed by atoms with Crippen LogP contribution in [0.3, 0.4) is 0 Å². The van der Waals surface area contributed by atoms with Crippen molar-refractivity contribution in [2.24, 2.45) is 0 Å². The van der Waals surface area contributed by atoms with Gasteiger partial charge >= 0.3 is 0 Å². The maximum Gasteiger partial charge on any atom is 0.0454 e. The zero-order chi connectivity index (χ0) is 11.5. The molecule has 0 aliphatic carbocycles. The van der Waals surface area contributed by atoms with Gasteiger partial charge in [0.15, 0.2) is 0 Å². The van der Waals surface area contributed by atoms with E-state index in [4.69, 9.17) is 0 Å². The summed E-state index contributed by atoms with van der Waals surface area (Å²) in [4.78, 5) is 1.43. The maximum absolute atomic E-state index is 4.10. The van der Waals surface area contributed by atoms with Crippen molar-refractivity contribution in [2.45, 2.75) is 25.8 Å². The molecule has 0 aromatic carbocycles. The van der Waals surface area contributed by atoms with Gasteiger partial charge in [-0.05, 0) is 37.4 Å². The summed E-state index contributed by atoms with van der Waals surface area (Å²) in [6.45, 7) is 6.26. The van der Waals surface area contributed by atoms with Gasteiger partial charge in [-0.25, -0.2) is 0 Å². The summed E-state index contributed by atoms with van der Waals surface area (Å²) < 4.78 is 2.81. The van der Waals surface area contributed by atoms with Crippen LogP contribution in [0.25, 0.3) is 9.40 Å². The van der Waals surface area contributed by atoms with Gasteiger partial charge in [-0.1, -0.05) is 19.1 Å². The summed E-state index contributed by atoms with van der Waals surface area (Å²) >= 11 is 3.72. The zero-order valence-electron chi connectivity index (χ0n) is 9.75. The lowest BCUT2D eigenvalue weighted by atomic mass is 10.0. The fraction of sp³-hybridized carbons (Fsp3) is 0.385. The minimum Gasteiger partial charge on any atom is -0.312 e. The molecule has 86 valence electrons. The van der Waals surface area contributed by atoms with Crippen molar-refractivity contribution in [1.82, 2.24) is 5.32 Å². The third kappa shape index (κ3) is 2.37. The van der Waals surface area contributed by atoms with Crippen LogP contribution in [0, 0.1) is 0 Å². The Morgan fingerprint density at radius 3 is 2.94 bits per heavy atom. The smallest absolute Gasteiger partial charge is 0.0454 e. The van der Waals surface area contributed by atoms with E-state index in [2.05, 4.69) is 36.3 Å². The lowest BCUT2D eigenvalue weighted by Gasteiger charge is -2.15. The summed E-state index contributed by atoms with van der Waals surface area (Å²) in [5, 5.41) is 5.55. The van der Waals surface area contributed by atoms with Gasteiger partial charge in [-0.2, -0.15) is 0 Å². The summed E-state index contributed by atoms with van der Waals surface area (Å²) in [5.41, 5.74) is 1.32. The predicted octanol–water partition coefficient (Wildman–Crippen LogP) is 4.58. The Bertz CT molecular complexity index is 452. The van der Waals surface area contributed by atoms with Crippen LogP contribution in [0.1, 0.15) is 30.7 Å². The van der Waals surface area contributed by atoms with Crippen molar-refractivity contribution in [3.05, 3.63) is 34.5 Å². The molecule has 2 heterocycles. The summed E-state index contributed by atoms with van der Waals surface area (Å²) in [7, 11) is 2.03. The number of nitrogens with one attached hydrogen (secondary N) is 1. The van der Waals surface area contributed by atoms with E-state index in [1.54, 1.807) is 0 Å². The minimum atomic E-state index is 0.428. The van der Waals surface area contributed by atoms with Gasteiger partial charge in [0.2, 0.25) is 0 Å². The SMILES string of the molecule is C=C(CC)CC(NC)c1cc2sccc2s1. The minimum absolute atomic E-state index is 0.428. The molecular weight excluding hydrogens is 234 g/mol. The molecule has 2 aromatic heterocycles. The number of fused-ring (bicyclic) bond motifs is 1. The van der Waals surface area contributed by atoms with Crippen LogP contribution < -0.4 is 5.32 Å². The first-order valence-electron chi connectivity index (χ1n) is 5.55. The molecule has 0 amide bonds. The van der Waals surface area contributed by atoms with Crippen molar-refractivity contribution in [1.29, 1.82) is 0 Å². The molecule has 16 heavy (non-hydrogen) atoms. The van der Waals surface area contributed by atoms with Crippen LogP contribution in [0.15, 0.2) is 29.7 Å². The Balaban J connectivity index is 2.20. The molecule has 0 saturated carbocycles. The first-order chi connectivity index (χ1) is 7.74. The van der Waals surface area contributed by atoms with Crippen molar-refractivity contribution in [2.75, 3.05) is 7.05 Å². The Kier molecular flexibility index (Phi) is 3.79. The highest BCUT2D eigenvalue weighted by Gasteiger charge is 2.13. The standard InChI is InChI=1S/C13H17NS2/c1-4-9(2)7-10(14-3)12-8-13-11(16-12)5-6-15-13/h5-6,8,10,14H,2,4,7H2,1,3H3. The average molecular weight is 251 g/mol. The average Bonchev–Trinajstić information content (AvgIpc) is 2.85. The highest BCUT2D eigenvalue weighted by Crippen LogP contribution is 2.35. The normalized spacial score (nSPS) is 13.1. The lowest BCUT2D eigenvalue weighted by Crippen LogP contribution is -2.15. The van der Waals surface area contributed by atoms with Crippen LogP contribution >= 0.6 is 22.7 Å². The van der Waals surface area contributed by atoms with E-state index in [9.17, 15) is 0 Å². The highest BCUT2D eigenvalue weighted by molar-refractivity contribution is 7.26. The molecule has 0 aliphatic heterocycles. The third-order valence-corrected chi connectivity index (χ3v) is 5.05. The molecule has 1 atom stereocenters. The van der Waals surface area contributed by atoms with E-state index < -0.39 is 0 Å². The van der Waals surface area contributed by atoms with Crippen LogP contribution in [0.2, 0.25) is 0 Å². The molecule has 1 unspecified atom stereocenters. The number of rotatable bonds is 5. The molecule has 2 rings (SSSR count). The molecule has 0 fully saturated rings. The molecule has 0 spiro atoms. The van der Waals surface area contributed by atoms with E-state index in [1.165, 1.54) is 19.9 Å². The molecule has 1 N–H and O–H groups in total. The number of hydrogen-bond acceptors (Lipinski definition) is 3. The zero-order valence-corrected chi connectivity index (χ0v) is 11.4. The van der Waals surface area contributed by atoms with E-state index in [-0.39, 0.29) is 0 Å². The van der Waals surface area contributed by atoms with Gasteiger partial charge in [0.1, 0.15) is 0 Å². The van der Waals surface area contributed by atoms with Crippen molar-refractivity contribution >= 4 is 32.1 Å². The van der Waals surface area contributed by atoms with Gasteiger partial charge in [0.05, 0.1) is 0 Å². The van der Waals surface area contributed by atoms with E-state index in [0.717, 1.165) is 12.8 Å². The molecule has 1 nitrogen and oxygen atoms in total. The van der Waals surface area contributed by atoms with Crippen LogP contribution in [0.4, 0.5) is 0 Å². The fourth-order valence-corrected chi connectivity index (χ4v) is 3.96. The topological polar surface area (TPSA) is 12.0 Å². The van der Waals surface area contributed by atoms with Crippen LogP contribution in [-0.4, -0.2) is 7.05 Å². The van der Waals surface area contributed by atoms with E-state index in [0.29, 0.717) is 6.04 Å². The van der Waals surface area contributed by atoms with Gasteiger partial charge < -0.3 is 5.32 Å². The lowest BCUT2D eigenvalue weighted by molar-refractivity contribution is 0.592. The number of thiophene rings is 2. The van der Waals surface area contributed by atoms with Gasteiger partial charge in [-0.3, -0.25) is 0 Å². The molecule has 0 aliphatic rings. The molecule has 0 bridgehead atoms. The second-order valence-electron chi connectivity index (χ2n) is 3.95. The maximum atomic E-state index is 4.10. The van der Waals surface area contributed by atoms with E-state index in [1.807, 2.05) is 29.7 Å². The van der Waals surface area contributed by atoms with Gasteiger partial charge in [0.25, 0.3) is 0 Å². The monoisotopic (exact) mass is 251 g/mol. The van der Waals surface area contributed by atoms with Crippen LogP contribution in [0.5, 0.6) is 0 Å². The van der Waals surface area contributed by atoms with Crippen molar-refractivity contribution in [3.63, 3.8) is 0 Å². The Hall–Kier alpha value is -0.640. The first-order valence-corrected chi connectivity index (χ1v) is 7.25. The second-order valence-corrected chi connectivity index (χ2v) is 6.01. The summed E-state index contributed by atoms with van der Waals surface area (Å²) in [5.74, 6) is 0. The largest absolute Gasteiger partial charge is 0.312 e. The summed E-state index contributed by atoms with van der Waals surface area (Å²) in [6, 6.07) is 4.95. The third-order valence-electron chi connectivity index (χ3n) is 2.84. The highest BCUT2D eigenvalue weighted by atomic mass is 32.1. The fourth-order valence-electron chi connectivity index (χ4n) is 1.73. The van der Waals surface area contributed by atoms with Gasteiger partial charge in [0, 0.05) is 20.3 Å². The van der Waals surface area contributed by atoms with Crippen molar-refractivity contribution < 1.29 is 0 Å². The molecule has 0 radical (unpaired) electrons.